The molecule has 0 bridgehead atoms. The molecule has 2 nitrogen and oxygen atoms in total. The predicted molar refractivity (Wildman–Crippen MR) is 48.0 cm³/mol. The van der Waals surface area contributed by atoms with Gasteiger partial charge >= 0.3 is 0 Å². The van der Waals surface area contributed by atoms with Crippen LogP contribution in [0.2, 0.25) is 0 Å². The second kappa shape index (κ2) is 3.34. The van der Waals surface area contributed by atoms with Gasteiger partial charge in [-0.15, -0.1) is 0 Å². The zero-order chi connectivity index (χ0) is 7.56. The fourth-order valence-electron chi connectivity index (χ4n) is 0.601. The van der Waals surface area contributed by atoms with Gasteiger partial charge in [-0.25, -0.2) is 0 Å². The largest absolute Gasteiger partial charge is 0.267 e. The van der Waals surface area contributed by atoms with Gasteiger partial charge in [0.2, 0.25) is 0 Å². The van der Waals surface area contributed by atoms with Crippen LogP contribution in [0, 0.1) is 0 Å². The van der Waals surface area contributed by atoms with Crippen molar-refractivity contribution in [1.82, 2.24) is 9.78 Å². The van der Waals surface area contributed by atoms with Crippen LogP contribution < -0.4 is 0 Å². The Morgan fingerprint density at radius 3 is 2.90 bits per heavy atom. The van der Waals surface area contributed by atoms with E-state index in [1.165, 1.54) is 0 Å². The normalized spacial score (nSPS) is 9.80. The summed E-state index contributed by atoms with van der Waals surface area (Å²) < 4.78 is 3.70. The molecular weight excluding hydrogens is 260 g/mol. The lowest BCUT2D eigenvalue weighted by Gasteiger charge is -1.95. The first-order valence-corrected chi connectivity index (χ1v) is 4.28. The minimum absolute atomic E-state index is 0.714. The van der Waals surface area contributed by atoms with Gasteiger partial charge in [-0.2, -0.15) is 5.10 Å². The maximum atomic E-state index is 4.03. The summed E-state index contributed by atoms with van der Waals surface area (Å²) in [6.45, 7) is 4.41. The van der Waals surface area contributed by atoms with Crippen LogP contribution in [-0.4, -0.2) is 9.78 Å². The lowest BCUT2D eigenvalue weighted by atomic mass is 10.6. The monoisotopic (exact) mass is 264 g/mol. The van der Waals surface area contributed by atoms with Gasteiger partial charge in [0, 0.05) is 10.7 Å². The molecule has 0 radical (unpaired) electrons. The third kappa shape index (κ3) is 2.27. The Bertz CT molecular complexity index is 242. The van der Waals surface area contributed by atoms with E-state index in [-0.39, 0.29) is 0 Å². The summed E-state index contributed by atoms with van der Waals surface area (Å²) >= 11 is 6.54. The predicted octanol–water partition coefficient (Wildman–Crippen LogP) is 2.55. The van der Waals surface area contributed by atoms with E-state index in [0.717, 1.165) is 8.96 Å². The van der Waals surface area contributed by atoms with E-state index in [0.29, 0.717) is 6.54 Å². The van der Waals surface area contributed by atoms with Gasteiger partial charge in [0.1, 0.15) is 0 Å². The first-order valence-electron chi connectivity index (χ1n) is 2.70. The fourth-order valence-corrected chi connectivity index (χ4v) is 1.19. The summed E-state index contributed by atoms with van der Waals surface area (Å²) in [6.07, 6.45) is 3.64. The molecule has 54 valence electrons. The molecule has 1 heterocycles. The minimum atomic E-state index is 0.714. The van der Waals surface area contributed by atoms with Gasteiger partial charge in [0.15, 0.2) is 0 Å². The standard InChI is InChI=1S/C6H6Br2N2/c1-5(7)3-10-4-6(8)2-9-10/h2,4H,1,3H2. The number of rotatable bonds is 2. The molecule has 0 N–H and O–H groups in total. The molecule has 0 aliphatic heterocycles. The molecule has 0 fully saturated rings. The van der Waals surface area contributed by atoms with E-state index in [2.05, 4.69) is 43.5 Å². The lowest BCUT2D eigenvalue weighted by molar-refractivity contribution is 0.698. The van der Waals surface area contributed by atoms with Crippen molar-refractivity contribution in [3.05, 3.63) is 27.9 Å². The van der Waals surface area contributed by atoms with Crippen LogP contribution in [0.3, 0.4) is 0 Å². The summed E-state index contributed by atoms with van der Waals surface area (Å²) in [6, 6.07) is 0. The Balaban J connectivity index is 2.67. The smallest absolute Gasteiger partial charge is 0.0719 e. The van der Waals surface area contributed by atoms with Crippen LogP contribution in [0.25, 0.3) is 0 Å². The van der Waals surface area contributed by atoms with E-state index in [4.69, 9.17) is 0 Å². The Labute approximate surface area is 76.2 Å². The second-order valence-electron chi connectivity index (χ2n) is 1.87. The molecule has 0 saturated carbocycles. The Kier molecular flexibility index (Phi) is 2.68. The summed E-state index contributed by atoms with van der Waals surface area (Å²) in [5.74, 6) is 0. The average molecular weight is 266 g/mol. The fraction of sp³-hybridized carbons (Fsp3) is 0.167. The Morgan fingerprint density at radius 1 is 1.80 bits per heavy atom. The van der Waals surface area contributed by atoms with Crippen LogP contribution in [0.1, 0.15) is 0 Å². The van der Waals surface area contributed by atoms with Gasteiger partial charge in [0.25, 0.3) is 0 Å². The van der Waals surface area contributed by atoms with Crippen molar-refractivity contribution in [1.29, 1.82) is 0 Å². The van der Waals surface area contributed by atoms with Crippen molar-refractivity contribution in [2.45, 2.75) is 6.54 Å². The van der Waals surface area contributed by atoms with Gasteiger partial charge < -0.3 is 0 Å². The zero-order valence-electron chi connectivity index (χ0n) is 5.22. The van der Waals surface area contributed by atoms with Crippen LogP contribution in [-0.2, 0) is 6.54 Å². The van der Waals surface area contributed by atoms with E-state index >= 15 is 0 Å². The average Bonchev–Trinajstić information content (AvgIpc) is 2.13. The molecular formula is C6H6Br2N2. The number of allylic oxidation sites excluding steroid dienone is 1. The molecule has 10 heavy (non-hydrogen) atoms. The van der Waals surface area contributed by atoms with Crippen LogP contribution >= 0.6 is 31.9 Å². The van der Waals surface area contributed by atoms with E-state index in [9.17, 15) is 0 Å². The Hall–Kier alpha value is -0.0900. The number of nitrogens with zero attached hydrogens (tertiary/aromatic N) is 2. The molecule has 0 saturated heterocycles. The summed E-state index contributed by atoms with van der Waals surface area (Å²) in [5, 5.41) is 4.03. The molecule has 0 spiro atoms. The SMILES string of the molecule is C=C(Br)Cn1cc(Br)cn1. The van der Waals surface area contributed by atoms with Gasteiger partial charge in [-0.1, -0.05) is 22.5 Å². The molecule has 0 aliphatic rings. The van der Waals surface area contributed by atoms with Crippen molar-refractivity contribution < 1.29 is 0 Å². The maximum absolute atomic E-state index is 4.03. The van der Waals surface area contributed by atoms with E-state index in [1.807, 2.05) is 6.20 Å². The summed E-state index contributed by atoms with van der Waals surface area (Å²) in [7, 11) is 0. The molecule has 0 amide bonds. The highest BCUT2D eigenvalue weighted by atomic mass is 79.9. The first-order chi connectivity index (χ1) is 4.68. The molecule has 0 aromatic carbocycles. The van der Waals surface area contributed by atoms with Crippen LogP contribution in [0.15, 0.2) is 27.9 Å². The Morgan fingerprint density at radius 2 is 2.50 bits per heavy atom. The number of hydrogen-bond donors (Lipinski definition) is 0. The van der Waals surface area contributed by atoms with Crippen molar-refractivity contribution in [2.75, 3.05) is 0 Å². The van der Waals surface area contributed by atoms with Crippen LogP contribution in [0.4, 0.5) is 0 Å². The van der Waals surface area contributed by atoms with Gasteiger partial charge in [-0.05, 0) is 15.9 Å². The topological polar surface area (TPSA) is 17.8 Å². The lowest BCUT2D eigenvalue weighted by Crippen LogP contribution is -1.96. The van der Waals surface area contributed by atoms with Crippen molar-refractivity contribution in [2.24, 2.45) is 0 Å². The molecule has 1 aromatic heterocycles. The van der Waals surface area contributed by atoms with E-state index in [1.54, 1.807) is 10.9 Å². The molecule has 0 aliphatic carbocycles. The molecule has 0 unspecified atom stereocenters. The van der Waals surface area contributed by atoms with Gasteiger partial charge in [0.05, 0.1) is 17.2 Å². The molecule has 1 aromatic rings. The maximum Gasteiger partial charge on any atom is 0.0719 e. The summed E-state index contributed by atoms with van der Waals surface area (Å²) in [4.78, 5) is 0. The highest BCUT2D eigenvalue weighted by Gasteiger charge is 1.93. The quantitative estimate of drug-likeness (QED) is 0.804. The first kappa shape index (κ1) is 8.01. The van der Waals surface area contributed by atoms with Gasteiger partial charge in [-0.3, -0.25) is 4.68 Å². The van der Waals surface area contributed by atoms with Crippen LogP contribution in [0.5, 0.6) is 0 Å². The molecule has 0 atom stereocenters. The van der Waals surface area contributed by atoms with E-state index < -0.39 is 0 Å². The number of aromatic nitrogens is 2. The van der Waals surface area contributed by atoms with Crippen molar-refractivity contribution in [3.63, 3.8) is 0 Å². The second-order valence-corrected chi connectivity index (χ2v) is 3.91. The highest BCUT2D eigenvalue weighted by Crippen LogP contribution is 2.09. The molecule has 1 rings (SSSR count). The van der Waals surface area contributed by atoms with Crippen molar-refractivity contribution in [3.8, 4) is 0 Å². The third-order valence-electron chi connectivity index (χ3n) is 0.935. The number of halogens is 2. The highest BCUT2D eigenvalue weighted by molar-refractivity contribution is 9.11. The minimum Gasteiger partial charge on any atom is -0.267 e. The van der Waals surface area contributed by atoms with Crippen molar-refractivity contribution >= 4 is 31.9 Å². The summed E-state index contributed by atoms with van der Waals surface area (Å²) in [5.41, 5.74) is 0. The zero-order valence-corrected chi connectivity index (χ0v) is 8.39. The number of hydrogen-bond acceptors (Lipinski definition) is 1. The third-order valence-corrected chi connectivity index (χ3v) is 1.60. The molecule has 4 heteroatoms.